The highest BCUT2D eigenvalue weighted by Gasteiger charge is 2.31. The minimum atomic E-state index is -0.0310. The quantitative estimate of drug-likeness (QED) is 0.770. The Morgan fingerprint density at radius 2 is 2.14 bits per heavy atom. The maximum atomic E-state index is 5.69. The number of rotatable bonds is 0. The van der Waals surface area contributed by atoms with Crippen LogP contribution in [0.3, 0.4) is 0 Å². The van der Waals surface area contributed by atoms with E-state index in [1.165, 1.54) is 5.56 Å². The molecule has 0 bridgehead atoms. The normalized spacial score (nSPS) is 23.9. The third-order valence-electron chi connectivity index (χ3n) is 2.48. The van der Waals surface area contributed by atoms with E-state index in [-0.39, 0.29) is 11.8 Å². The Morgan fingerprint density at radius 1 is 1.43 bits per heavy atom. The van der Waals surface area contributed by atoms with Gasteiger partial charge in [0.1, 0.15) is 12.0 Å². The molecule has 3 heteroatoms. The third kappa shape index (κ3) is 1.66. The highest BCUT2D eigenvalue weighted by Crippen LogP contribution is 2.36. The molecule has 0 spiro atoms. The van der Waals surface area contributed by atoms with E-state index in [1.54, 1.807) is 0 Å². The van der Waals surface area contributed by atoms with Crippen LogP contribution in [0.25, 0.3) is 0 Å². The number of hydrogen-bond donors (Lipinski definition) is 1. The average molecular weight is 256 g/mol. The van der Waals surface area contributed by atoms with Crippen LogP contribution in [0.2, 0.25) is 0 Å². The van der Waals surface area contributed by atoms with Crippen LogP contribution in [0.1, 0.15) is 26.3 Å². The van der Waals surface area contributed by atoms with E-state index in [2.05, 4.69) is 41.2 Å². The molecule has 1 aliphatic heterocycles. The maximum Gasteiger partial charge on any atom is 0.148 e. The molecule has 0 aliphatic carbocycles. The molecule has 0 radical (unpaired) electrons. The van der Waals surface area contributed by atoms with Gasteiger partial charge in [-0.25, -0.2) is 0 Å². The summed E-state index contributed by atoms with van der Waals surface area (Å²) in [7, 11) is 0. The largest absolute Gasteiger partial charge is 0.475 e. The highest BCUT2D eigenvalue weighted by atomic mass is 79.9. The minimum absolute atomic E-state index is 0.0310. The van der Waals surface area contributed by atoms with Crippen molar-refractivity contribution in [3.8, 4) is 5.75 Å². The molecule has 0 fully saturated rings. The van der Waals surface area contributed by atoms with Crippen molar-refractivity contribution in [2.75, 3.05) is 0 Å². The lowest BCUT2D eigenvalue weighted by molar-refractivity contribution is 0.110. The second kappa shape index (κ2) is 3.24. The number of hydrogen-bond acceptors (Lipinski definition) is 2. The number of fused-ring (bicyclic) bond motifs is 1. The molecule has 1 aliphatic rings. The SMILES string of the molecule is CC1NC(C)(C)c2cc(Br)ccc2O1. The Morgan fingerprint density at radius 3 is 2.86 bits per heavy atom. The molecular weight excluding hydrogens is 242 g/mol. The molecule has 2 nitrogen and oxygen atoms in total. The van der Waals surface area contributed by atoms with Crippen molar-refractivity contribution >= 4 is 15.9 Å². The summed E-state index contributed by atoms with van der Waals surface area (Å²) in [5.74, 6) is 0.976. The Balaban J connectivity index is 2.53. The van der Waals surface area contributed by atoms with E-state index in [4.69, 9.17) is 4.74 Å². The Labute approximate surface area is 92.8 Å². The molecule has 1 N–H and O–H groups in total. The van der Waals surface area contributed by atoms with Crippen molar-refractivity contribution in [2.45, 2.75) is 32.5 Å². The molecule has 0 saturated heterocycles. The summed E-state index contributed by atoms with van der Waals surface area (Å²) in [5.41, 5.74) is 1.17. The predicted molar refractivity (Wildman–Crippen MR) is 60.4 cm³/mol. The minimum Gasteiger partial charge on any atom is -0.475 e. The lowest BCUT2D eigenvalue weighted by Gasteiger charge is -2.37. The van der Waals surface area contributed by atoms with Crippen LogP contribution in [-0.4, -0.2) is 6.23 Å². The number of halogens is 1. The Hall–Kier alpha value is -0.540. The molecule has 0 saturated carbocycles. The van der Waals surface area contributed by atoms with E-state index in [0.717, 1.165) is 10.2 Å². The lowest BCUT2D eigenvalue weighted by Crippen LogP contribution is -2.48. The summed E-state index contributed by atoms with van der Waals surface area (Å²) in [5, 5.41) is 3.40. The van der Waals surface area contributed by atoms with Gasteiger partial charge in [0.05, 0.1) is 0 Å². The molecule has 14 heavy (non-hydrogen) atoms. The second-order valence-corrected chi connectivity index (χ2v) is 5.09. The number of ether oxygens (including phenoxy) is 1. The number of benzene rings is 1. The first-order chi connectivity index (χ1) is 6.49. The van der Waals surface area contributed by atoms with Crippen LogP contribution in [0, 0.1) is 0 Å². The maximum absolute atomic E-state index is 5.69. The zero-order valence-corrected chi connectivity index (χ0v) is 10.2. The molecule has 1 aromatic rings. The summed E-state index contributed by atoms with van der Waals surface area (Å²) in [6.07, 6.45) is 0.0682. The lowest BCUT2D eigenvalue weighted by atomic mass is 9.92. The fourth-order valence-corrected chi connectivity index (χ4v) is 2.26. The fourth-order valence-electron chi connectivity index (χ4n) is 1.90. The van der Waals surface area contributed by atoms with Gasteiger partial charge in [-0.15, -0.1) is 0 Å². The van der Waals surface area contributed by atoms with Crippen molar-refractivity contribution in [1.82, 2.24) is 5.32 Å². The van der Waals surface area contributed by atoms with E-state index in [9.17, 15) is 0 Å². The Bertz CT molecular complexity index is 362. The third-order valence-corrected chi connectivity index (χ3v) is 2.98. The van der Waals surface area contributed by atoms with Gasteiger partial charge in [-0.2, -0.15) is 0 Å². The fraction of sp³-hybridized carbons (Fsp3) is 0.455. The summed E-state index contributed by atoms with van der Waals surface area (Å²) in [6, 6.07) is 6.12. The first kappa shape index (κ1) is 9.99. The summed E-state index contributed by atoms with van der Waals surface area (Å²) in [6.45, 7) is 6.35. The van der Waals surface area contributed by atoms with Gasteiger partial charge in [0.15, 0.2) is 0 Å². The molecule has 0 amide bonds. The predicted octanol–water partition coefficient (Wildman–Crippen LogP) is 3.01. The van der Waals surface area contributed by atoms with E-state index in [0.29, 0.717) is 0 Å². The van der Waals surface area contributed by atoms with Crippen LogP contribution in [0.4, 0.5) is 0 Å². The Kier molecular flexibility index (Phi) is 2.32. The molecule has 0 aromatic heterocycles. The summed E-state index contributed by atoms with van der Waals surface area (Å²) in [4.78, 5) is 0. The van der Waals surface area contributed by atoms with E-state index >= 15 is 0 Å². The molecule has 1 heterocycles. The molecule has 1 atom stereocenters. The van der Waals surface area contributed by atoms with Crippen molar-refractivity contribution in [2.24, 2.45) is 0 Å². The van der Waals surface area contributed by atoms with Gasteiger partial charge in [-0.3, -0.25) is 5.32 Å². The number of nitrogens with one attached hydrogen (secondary N) is 1. The zero-order valence-electron chi connectivity index (χ0n) is 8.60. The van der Waals surface area contributed by atoms with Crippen molar-refractivity contribution in [1.29, 1.82) is 0 Å². The smallest absolute Gasteiger partial charge is 0.148 e. The van der Waals surface area contributed by atoms with Crippen molar-refractivity contribution in [3.63, 3.8) is 0 Å². The van der Waals surface area contributed by atoms with E-state index in [1.807, 2.05) is 19.1 Å². The van der Waals surface area contributed by atoms with Gasteiger partial charge in [-0.05, 0) is 39.0 Å². The van der Waals surface area contributed by atoms with Crippen LogP contribution in [0.5, 0.6) is 5.75 Å². The zero-order chi connectivity index (χ0) is 10.3. The van der Waals surface area contributed by atoms with E-state index < -0.39 is 0 Å². The molecule has 1 unspecified atom stereocenters. The van der Waals surface area contributed by atoms with Gasteiger partial charge in [0.2, 0.25) is 0 Å². The second-order valence-electron chi connectivity index (χ2n) is 4.17. The van der Waals surface area contributed by atoms with Crippen LogP contribution < -0.4 is 10.1 Å². The summed E-state index contributed by atoms with van der Waals surface area (Å²) < 4.78 is 6.78. The van der Waals surface area contributed by atoms with Crippen LogP contribution in [-0.2, 0) is 5.54 Å². The topological polar surface area (TPSA) is 21.3 Å². The average Bonchev–Trinajstić information content (AvgIpc) is 2.05. The monoisotopic (exact) mass is 255 g/mol. The molecular formula is C11H14BrNO. The highest BCUT2D eigenvalue weighted by molar-refractivity contribution is 9.10. The van der Waals surface area contributed by atoms with Crippen LogP contribution in [0.15, 0.2) is 22.7 Å². The summed E-state index contributed by atoms with van der Waals surface area (Å²) >= 11 is 3.47. The van der Waals surface area contributed by atoms with Crippen molar-refractivity contribution < 1.29 is 4.74 Å². The van der Waals surface area contributed by atoms with Gasteiger partial charge >= 0.3 is 0 Å². The van der Waals surface area contributed by atoms with Gasteiger partial charge < -0.3 is 4.74 Å². The van der Waals surface area contributed by atoms with Crippen LogP contribution >= 0.6 is 15.9 Å². The first-order valence-corrected chi connectivity index (χ1v) is 5.53. The molecule has 2 rings (SSSR count). The van der Waals surface area contributed by atoms with Gasteiger partial charge in [0.25, 0.3) is 0 Å². The van der Waals surface area contributed by atoms with Gasteiger partial charge in [0, 0.05) is 15.6 Å². The molecule has 1 aromatic carbocycles. The first-order valence-electron chi connectivity index (χ1n) is 4.73. The molecule has 76 valence electrons. The van der Waals surface area contributed by atoms with Gasteiger partial charge in [-0.1, -0.05) is 15.9 Å². The standard InChI is InChI=1S/C11H14BrNO/c1-7-13-11(2,3)9-6-8(12)4-5-10(9)14-7/h4-7,13H,1-3H3. The van der Waals surface area contributed by atoms with Crippen molar-refractivity contribution in [3.05, 3.63) is 28.2 Å².